The first-order valence-corrected chi connectivity index (χ1v) is 5.87. The number of hydrogen-bond acceptors (Lipinski definition) is 6. The van der Waals surface area contributed by atoms with Crippen molar-refractivity contribution in [3.8, 4) is 0 Å². The van der Waals surface area contributed by atoms with E-state index in [1.165, 1.54) is 12.1 Å². The zero-order valence-electron chi connectivity index (χ0n) is 9.52. The first-order valence-electron chi connectivity index (χ1n) is 4.65. The Bertz CT molecular complexity index is 519. The average molecular weight is 287 g/mol. The minimum absolute atomic E-state index is 0.282. The Morgan fingerprint density at radius 1 is 1.28 bits per heavy atom. The van der Waals surface area contributed by atoms with Gasteiger partial charge in [0.2, 0.25) is 0 Å². The van der Waals surface area contributed by atoms with Crippen molar-refractivity contribution in [1.82, 2.24) is 4.90 Å². The van der Waals surface area contributed by atoms with Gasteiger partial charge in [0.25, 0.3) is 11.4 Å². The summed E-state index contributed by atoms with van der Waals surface area (Å²) in [5.74, 6) is 0. The van der Waals surface area contributed by atoms with Crippen LogP contribution in [0.5, 0.6) is 0 Å². The maximum atomic E-state index is 10.9. The minimum Gasteiger partial charge on any atom is -0.363 e. The van der Waals surface area contributed by atoms with Gasteiger partial charge < -0.3 is 4.90 Å². The van der Waals surface area contributed by atoms with Crippen molar-refractivity contribution in [2.24, 2.45) is 0 Å². The third-order valence-electron chi connectivity index (χ3n) is 1.91. The Balaban J connectivity index is 3.16. The maximum absolute atomic E-state index is 10.9. The number of thiocarbonyl (C=S) groups is 1. The van der Waals surface area contributed by atoms with Gasteiger partial charge in [-0.25, -0.2) is 0 Å². The van der Waals surface area contributed by atoms with E-state index in [2.05, 4.69) is 0 Å². The van der Waals surface area contributed by atoms with Crippen LogP contribution in [0.3, 0.4) is 0 Å². The highest BCUT2D eigenvalue weighted by Crippen LogP contribution is 2.33. The Kier molecular flexibility index (Phi) is 4.56. The van der Waals surface area contributed by atoms with E-state index in [0.717, 1.165) is 17.8 Å². The second-order valence-corrected chi connectivity index (χ2v) is 5.10. The lowest BCUT2D eigenvalue weighted by atomic mass is 10.3. The molecule has 0 amide bonds. The molecular weight excluding hydrogens is 278 g/mol. The smallest absolute Gasteiger partial charge is 0.290 e. The van der Waals surface area contributed by atoms with E-state index in [9.17, 15) is 20.2 Å². The number of nitro benzene ring substituents is 2. The van der Waals surface area contributed by atoms with Crippen LogP contribution in [0.25, 0.3) is 0 Å². The summed E-state index contributed by atoms with van der Waals surface area (Å²) in [6.07, 6.45) is 0. The van der Waals surface area contributed by atoms with Crippen LogP contribution in [0, 0.1) is 20.2 Å². The topological polar surface area (TPSA) is 89.5 Å². The van der Waals surface area contributed by atoms with E-state index < -0.39 is 9.85 Å². The summed E-state index contributed by atoms with van der Waals surface area (Å²) < 4.78 is 0.437. The highest BCUT2D eigenvalue weighted by Gasteiger charge is 2.21. The fourth-order valence-electron chi connectivity index (χ4n) is 1.03. The molecule has 0 aliphatic rings. The van der Waals surface area contributed by atoms with Gasteiger partial charge in [0.1, 0.15) is 4.32 Å². The van der Waals surface area contributed by atoms with E-state index >= 15 is 0 Å². The highest BCUT2D eigenvalue weighted by atomic mass is 32.2. The molecule has 0 saturated carbocycles. The van der Waals surface area contributed by atoms with E-state index in [0.29, 0.717) is 4.32 Å². The van der Waals surface area contributed by atoms with Crippen molar-refractivity contribution >= 4 is 39.7 Å². The molecule has 0 bridgehead atoms. The Labute approximate surface area is 112 Å². The third-order valence-corrected chi connectivity index (χ3v) is 3.63. The molecule has 96 valence electrons. The minimum atomic E-state index is -0.675. The number of nitro groups is 2. The summed E-state index contributed by atoms with van der Waals surface area (Å²) in [6, 6.07) is 3.48. The van der Waals surface area contributed by atoms with Crippen LogP contribution < -0.4 is 0 Å². The van der Waals surface area contributed by atoms with Gasteiger partial charge in [-0.3, -0.25) is 20.2 Å². The van der Waals surface area contributed by atoms with Crippen LogP contribution in [0.15, 0.2) is 23.1 Å². The lowest BCUT2D eigenvalue weighted by Gasteiger charge is -2.12. The van der Waals surface area contributed by atoms with Gasteiger partial charge in [0.05, 0.1) is 20.8 Å². The van der Waals surface area contributed by atoms with E-state index in [4.69, 9.17) is 12.2 Å². The van der Waals surface area contributed by atoms with Crippen LogP contribution in [-0.2, 0) is 0 Å². The van der Waals surface area contributed by atoms with Crippen molar-refractivity contribution < 1.29 is 9.85 Å². The van der Waals surface area contributed by atoms with Gasteiger partial charge in [-0.05, 0) is 6.07 Å². The number of thioether (sulfide) groups is 1. The predicted molar refractivity (Wildman–Crippen MR) is 71.9 cm³/mol. The summed E-state index contributed by atoms with van der Waals surface area (Å²) in [5, 5.41) is 21.4. The molecule has 1 rings (SSSR count). The van der Waals surface area contributed by atoms with Gasteiger partial charge in [-0.2, -0.15) is 0 Å². The molecule has 0 atom stereocenters. The molecule has 0 aromatic heterocycles. The second kappa shape index (κ2) is 5.74. The van der Waals surface area contributed by atoms with Gasteiger partial charge in [0, 0.05) is 20.2 Å². The molecule has 9 heteroatoms. The number of non-ortho nitro benzene ring substituents is 1. The molecule has 1 aromatic rings. The van der Waals surface area contributed by atoms with Gasteiger partial charge in [-0.1, -0.05) is 24.0 Å². The fraction of sp³-hybridized carbons (Fsp3) is 0.222. The zero-order chi connectivity index (χ0) is 13.9. The summed E-state index contributed by atoms with van der Waals surface area (Å²) in [6.45, 7) is 0. The molecule has 18 heavy (non-hydrogen) atoms. The van der Waals surface area contributed by atoms with Crippen molar-refractivity contribution in [3.05, 3.63) is 38.4 Å². The molecule has 0 aliphatic carbocycles. The van der Waals surface area contributed by atoms with E-state index in [-0.39, 0.29) is 16.3 Å². The number of rotatable bonds is 3. The Morgan fingerprint density at radius 3 is 2.33 bits per heavy atom. The lowest BCUT2D eigenvalue weighted by Crippen LogP contribution is -2.15. The number of hydrogen-bond donors (Lipinski definition) is 0. The molecule has 1 aromatic carbocycles. The van der Waals surface area contributed by atoms with Crippen LogP contribution >= 0.6 is 24.0 Å². The monoisotopic (exact) mass is 287 g/mol. The molecule has 0 unspecified atom stereocenters. The van der Waals surface area contributed by atoms with E-state index in [1.807, 2.05) is 0 Å². The molecule has 0 radical (unpaired) electrons. The predicted octanol–water partition coefficient (Wildman–Crippen LogP) is 2.44. The quantitative estimate of drug-likeness (QED) is 0.365. The molecule has 0 saturated heterocycles. The molecule has 0 spiro atoms. The molecule has 7 nitrogen and oxygen atoms in total. The molecule has 0 fully saturated rings. The van der Waals surface area contributed by atoms with E-state index in [1.54, 1.807) is 19.0 Å². The SMILES string of the molecule is CN(C)C(=S)Sc1ccc([N+](=O)[O-])cc1[N+](=O)[O-]. The first kappa shape index (κ1) is 14.3. The lowest BCUT2D eigenvalue weighted by molar-refractivity contribution is -0.396. The van der Waals surface area contributed by atoms with Crippen LogP contribution in [-0.4, -0.2) is 33.2 Å². The first-order chi connectivity index (χ1) is 8.32. The van der Waals surface area contributed by atoms with Crippen molar-refractivity contribution in [3.63, 3.8) is 0 Å². The van der Waals surface area contributed by atoms with Crippen molar-refractivity contribution in [2.75, 3.05) is 14.1 Å². The van der Waals surface area contributed by atoms with Crippen molar-refractivity contribution in [2.45, 2.75) is 4.90 Å². The van der Waals surface area contributed by atoms with Gasteiger partial charge in [-0.15, -0.1) is 0 Å². The standard InChI is InChI=1S/C9H9N3O4S2/c1-10(2)9(17)18-8-4-3-6(11(13)14)5-7(8)12(15)16/h3-5H,1-2H3. The number of nitrogens with zero attached hydrogens (tertiary/aromatic N) is 3. The molecule has 0 heterocycles. The fourth-order valence-corrected chi connectivity index (χ4v) is 2.05. The molecular formula is C9H9N3O4S2. The normalized spacial score (nSPS) is 9.89. The largest absolute Gasteiger partial charge is 0.363 e. The summed E-state index contributed by atoms with van der Waals surface area (Å²) in [4.78, 5) is 22.0. The average Bonchev–Trinajstić information content (AvgIpc) is 2.28. The molecule has 0 aliphatic heterocycles. The maximum Gasteiger partial charge on any atom is 0.290 e. The summed E-state index contributed by atoms with van der Waals surface area (Å²) in [5.41, 5.74) is -0.639. The van der Waals surface area contributed by atoms with Gasteiger partial charge >= 0.3 is 0 Å². The molecule has 0 N–H and O–H groups in total. The summed E-state index contributed by atoms with van der Waals surface area (Å²) >= 11 is 6.04. The highest BCUT2D eigenvalue weighted by molar-refractivity contribution is 8.23. The Hall–Kier alpha value is -1.74. The van der Waals surface area contributed by atoms with Crippen molar-refractivity contribution in [1.29, 1.82) is 0 Å². The summed E-state index contributed by atoms with van der Waals surface area (Å²) in [7, 11) is 3.43. The second-order valence-electron chi connectivity index (χ2n) is 3.43. The van der Waals surface area contributed by atoms with Crippen LogP contribution in [0.1, 0.15) is 0 Å². The number of benzene rings is 1. The van der Waals surface area contributed by atoms with Crippen LogP contribution in [0.2, 0.25) is 0 Å². The third kappa shape index (κ3) is 3.37. The van der Waals surface area contributed by atoms with Gasteiger partial charge in [0.15, 0.2) is 0 Å². The van der Waals surface area contributed by atoms with Crippen LogP contribution in [0.4, 0.5) is 11.4 Å². The zero-order valence-corrected chi connectivity index (χ0v) is 11.2. The Morgan fingerprint density at radius 2 is 1.89 bits per heavy atom.